The topological polar surface area (TPSA) is 0 Å². The van der Waals surface area contributed by atoms with E-state index in [1.54, 1.807) is 0 Å². The van der Waals surface area contributed by atoms with Gasteiger partial charge in [0.15, 0.2) is 0 Å². The van der Waals surface area contributed by atoms with Crippen molar-refractivity contribution >= 4 is 0 Å². The van der Waals surface area contributed by atoms with Gasteiger partial charge in [-0.1, -0.05) is 62.8 Å². The van der Waals surface area contributed by atoms with Crippen LogP contribution in [0.1, 0.15) is 50.5 Å². The third kappa shape index (κ3) is 4.51. The summed E-state index contributed by atoms with van der Waals surface area (Å²) >= 11 is 0. The van der Waals surface area contributed by atoms with Gasteiger partial charge in [0.25, 0.3) is 0 Å². The molecule has 0 saturated heterocycles. The van der Waals surface area contributed by atoms with E-state index in [9.17, 15) is 0 Å². The molecule has 0 heterocycles. The third-order valence-electron chi connectivity index (χ3n) is 3.28. The summed E-state index contributed by atoms with van der Waals surface area (Å²) in [6, 6.07) is 11.6. The van der Waals surface area contributed by atoms with Crippen LogP contribution < -0.4 is 0 Å². The van der Waals surface area contributed by atoms with Crippen molar-refractivity contribution in [3.05, 3.63) is 35.9 Å². The molecule has 2 rings (SSSR count). The summed E-state index contributed by atoms with van der Waals surface area (Å²) in [6.45, 7) is 0. The molecule has 0 aromatic heterocycles. The van der Waals surface area contributed by atoms with E-state index in [0.29, 0.717) is 0 Å². The SMILES string of the molecule is [c]1ccccc1CCCCCCC1CC1. The predicted octanol–water partition coefficient (Wildman–Crippen LogP) is 4.39. The van der Waals surface area contributed by atoms with Gasteiger partial charge in [-0.25, -0.2) is 0 Å². The third-order valence-corrected chi connectivity index (χ3v) is 3.28. The largest absolute Gasteiger partial charge is 0.0620 e. The molecule has 0 unspecified atom stereocenters. The molecule has 1 saturated carbocycles. The molecular formula is C15H21. The van der Waals surface area contributed by atoms with Crippen LogP contribution in [0.4, 0.5) is 0 Å². The van der Waals surface area contributed by atoms with Gasteiger partial charge in [0.05, 0.1) is 0 Å². The number of unbranched alkanes of at least 4 members (excludes halogenated alkanes) is 3. The zero-order valence-corrected chi connectivity index (χ0v) is 9.54. The Kier molecular flexibility index (Phi) is 4.25. The fraction of sp³-hybridized carbons (Fsp3) is 0.600. The zero-order chi connectivity index (χ0) is 10.3. The van der Waals surface area contributed by atoms with Crippen LogP contribution in [0.15, 0.2) is 24.3 Å². The first-order chi connectivity index (χ1) is 7.45. The predicted molar refractivity (Wildman–Crippen MR) is 64.8 cm³/mol. The quantitative estimate of drug-likeness (QED) is 0.574. The van der Waals surface area contributed by atoms with Crippen LogP contribution in [0.5, 0.6) is 0 Å². The lowest BCUT2D eigenvalue weighted by atomic mass is 10.0. The minimum absolute atomic E-state index is 1.12. The summed E-state index contributed by atoms with van der Waals surface area (Å²) in [6.07, 6.45) is 11.4. The van der Waals surface area contributed by atoms with Gasteiger partial charge < -0.3 is 0 Å². The van der Waals surface area contributed by atoms with Crippen molar-refractivity contribution in [1.29, 1.82) is 0 Å². The lowest BCUT2D eigenvalue weighted by Gasteiger charge is -2.01. The Hall–Kier alpha value is -0.780. The summed E-state index contributed by atoms with van der Waals surface area (Å²) in [5.74, 6) is 1.12. The number of hydrogen-bond acceptors (Lipinski definition) is 0. The van der Waals surface area contributed by atoms with Crippen LogP contribution in [0.2, 0.25) is 0 Å². The second-order valence-corrected chi connectivity index (χ2v) is 4.78. The average molecular weight is 201 g/mol. The molecule has 81 valence electrons. The second kappa shape index (κ2) is 5.95. The summed E-state index contributed by atoms with van der Waals surface area (Å²) in [7, 11) is 0. The van der Waals surface area contributed by atoms with E-state index in [-0.39, 0.29) is 0 Å². The van der Waals surface area contributed by atoms with Crippen molar-refractivity contribution in [2.75, 3.05) is 0 Å². The van der Waals surface area contributed by atoms with E-state index >= 15 is 0 Å². The lowest BCUT2D eigenvalue weighted by Crippen LogP contribution is -1.86. The molecule has 0 bridgehead atoms. The Morgan fingerprint density at radius 1 is 1.07 bits per heavy atom. The molecule has 1 radical (unpaired) electrons. The summed E-state index contributed by atoms with van der Waals surface area (Å²) < 4.78 is 0. The molecule has 0 amide bonds. The fourth-order valence-electron chi connectivity index (χ4n) is 2.09. The van der Waals surface area contributed by atoms with Crippen LogP contribution in [0.25, 0.3) is 0 Å². The van der Waals surface area contributed by atoms with Crippen molar-refractivity contribution in [2.45, 2.75) is 51.4 Å². The normalized spacial score (nSPS) is 15.5. The molecular weight excluding hydrogens is 180 g/mol. The molecule has 0 nitrogen and oxygen atoms in total. The zero-order valence-electron chi connectivity index (χ0n) is 9.54. The van der Waals surface area contributed by atoms with Crippen molar-refractivity contribution in [3.8, 4) is 0 Å². The number of aryl methyl sites for hydroxylation is 1. The molecule has 0 heteroatoms. The van der Waals surface area contributed by atoms with Crippen LogP contribution in [-0.2, 0) is 6.42 Å². The Bertz CT molecular complexity index is 259. The van der Waals surface area contributed by atoms with E-state index in [2.05, 4.69) is 18.2 Å². The van der Waals surface area contributed by atoms with Crippen LogP contribution in [-0.4, -0.2) is 0 Å². The number of rotatable bonds is 7. The molecule has 1 aromatic carbocycles. The highest BCUT2D eigenvalue weighted by Gasteiger charge is 2.19. The van der Waals surface area contributed by atoms with Gasteiger partial charge in [0.2, 0.25) is 0 Å². The molecule has 0 atom stereocenters. The van der Waals surface area contributed by atoms with E-state index < -0.39 is 0 Å². The van der Waals surface area contributed by atoms with Gasteiger partial charge in [0.1, 0.15) is 0 Å². The molecule has 1 aromatic rings. The molecule has 0 spiro atoms. The highest BCUT2D eigenvalue weighted by molar-refractivity contribution is 5.12. The highest BCUT2D eigenvalue weighted by atomic mass is 14.3. The number of hydrogen-bond donors (Lipinski definition) is 0. The van der Waals surface area contributed by atoms with E-state index in [0.717, 1.165) is 5.92 Å². The minimum Gasteiger partial charge on any atom is -0.0620 e. The van der Waals surface area contributed by atoms with E-state index in [1.807, 2.05) is 12.1 Å². The van der Waals surface area contributed by atoms with Crippen LogP contribution >= 0.6 is 0 Å². The summed E-state index contributed by atoms with van der Waals surface area (Å²) in [5.41, 5.74) is 1.37. The molecule has 0 N–H and O–H groups in total. The van der Waals surface area contributed by atoms with Crippen LogP contribution in [0.3, 0.4) is 0 Å². The van der Waals surface area contributed by atoms with E-state index in [1.165, 1.54) is 56.9 Å². The van der Waals surface area contributed by atoms with Gasteiger partial charge in [-0.3, -0.25) is 0 Å². The minimum atomic E-state index is 1.12. The van der Waals surface area contributed by atoms with Crippen molar-refractivity contribution in [2.24, 2.45) is 5.92 Å². The molecule has 0 aliphatic heterocycles. The Morgan fingerprint density at radius 3 is 2.67 bits per heavy atom. The van der Waals surface area contributed by atoms with Crippen LogP contribution in [0, 0.1) is 12.0 Å². The Balaban J connectivity index is 1.47. The van der Waals surface area contributed by atoms with Gasteiger partial charge >= 0.3 is 0 Å². The highest BCUT2D eigenvalue weighted by Crippen LogP contribution is 2.34. The summed E-state index contributed by atoms with van der Waals surface area (Å²) in [5, 5.41) is 0. The first-order valence-electron chi connectivity index (χ1n) is 6.41. The average Bonchev–Trinajstić information content (AvgIpc) is 3.09. The van der Waals surface area contributed by atoms with E-state index in [4.69, 9.17) is 0 Å². The van der Waals surface area contributed by atoms with Crippen molar-refractivity contribution in [1.82, 2.24) is 0 Å². The van der Waals surface area contributed by atoms with Crippen molar-refractivity contribution in [3.63, 3.8) is 0 Å². The van der Waals surface area contributed by atoms with Crippen molar-refractivity contribution < 1.29 is 0 Å². The fourth-order valence-corrected chi connectivity index (χ4v) is 2.09. The maximum atomic E-state index is 3.29. The Labute approximate surface area is 93.7 Å². The number of benzene rings is 1. The van der Waals surface area contributed by atoms with Gasteiger partial charge in [-0.2, -0.15) is 0 Å². The van der Waals surface area contributed by atoms with Gasteiger partial charge in [0, 0.05) is 0 Å². The maximum Gasteiger partial charge on any atom is -0.0149 e. The molecule has 1 aliphatic rings. The lowest BCUT2D eigenvalue weighted by molar-refractivity contribution is 0.584. The first-order valence-corrected chi connectivity index (χ1v) is 6.41. The van der Waals surface area contributed by atoms with Gasteiger partial charge in [-0.05, 0) is 30.4 Å². The second-order valence-electron chi connectivity index (χ2n) is 4.78. The standard InChI is InChI=1S/C15H21/c1(2-5-11-15-12-13-15)4-8-14-9-6-3-7-10-14/h3,6-7,9,15H,1-2,4-5,8,11-13H2. The molecule has 15 heavy (non-hydrogen) atoms. The molecule has 1 fully saturated rings. The monoisotopic (exact) mass is 201 g/mol. The summed E-state index contributed by atoms with van der Waals surface area (Å²) in [4.78, 5) is 0. The smallest absolute Gasteiger partial charge is 0.0149 e. The van der Waals surface area contributed by atoms with Gasteiger partial charge in [-0.15, -0.1) is 0 Å². The first kappa shape index (κ1) is 10.7. The Morgan fingerprint density at radius 2 is 1.93 bits per heavy atom. The molecule has 1 aliphatic carbocycles. The maximum absolute atomic E-state index is 3.29.